The highest BCUT2D eigenvalue weighted by atomic mass is 35.5. The van der Waals surface area contributed by atoms with Gasteiger partial charge < -0.3 is 4.55 Å². The molecule has 0 heterocycles. The Kier molecular flexibility index (Phi) is 3.05. The molecule has 1 unspecified atom stereocenters. The number of hydrogen-bond donors (Lipinski definition) is 0. The lowest BCUT2D eigenvalue weighted by Gasteiger charge is -2.08. The second kappa shape index (κ2) is 3.85. The van der Waals surface area contributed by atoms with Crippen LogP contribution in [0.3, 0.4) is 0 Å². The highest BCUT2D eigenvalue weighted by molar-refractivity contribution is 7.79. The van der Waals surface area contributed by atoms with Crippen molar-refractivity contribution in [2.24, 2.45) is 0 Å². The van der Waals surface area contributed by atoms with Gasteiger partial charge in [0.2, 0.25) is 0 Å². The van der Waals surface area contributed by atoms with Crippen molar-refractivity contribution in [2.45, 2.75) is 10.8 Å². The Morgan fingerprint density at radius 3 is 2.55 bits per heavy atom. The van der Waals surface area contributed by atoms with Gasteiger partial charge >= 0.3 is 0 Å². The second-order valence-electron chi connectivity index (χ2n) is 1.98. The summed E-state index contributed by atoms with van der Waals surface area (Å²) >= 11 is 3.33. The lowest BCUT2D eigenvalue weighted by Crippen LogP contribution is -1.93. The van der Waals surface area contributed by atoms with E-state index in [1.807, 2.05) is 0 Å². The zero-order valence-corrected chi connectivity index (χ0v) is 7.19. The van der Waals surface area contributed by atoms with Gasteiger partial charge in [0.25, 0.3) is 0 Å². The Bertz CT molecular complexity index is 275. The highest BCUT2D eigenvalue weighted by Crippen LogP contribution is 2.13. The number of benzene rings is 1. The smallest absolute Gasteiger partial charge is 0.0485 e. The zero-order valence-electron chi connectivity index (χ0n) is 5.62. The van der Waals surface area contributed by atoms with E-state index >= 15 is 0 Å². The zero-order chi connectivity index (χ0) is 8.27. The minimum absolute atomic E-state index is 0.226. The molecule has 11 heavy (non-hydrogen) atoms. The molecule has 2 nitrogen and oxygen atoms in total. The van der Waals surface area contributed by atoms with Crippen molar-refractivity contribution < 1.29 is 8.76 Å². The maximum absolute atomic E-state index is 10.5. The van der Waals surface area contributed by atoms with Crippen molar-refractivity contribution in [3.63, 3.8) is 0 Å². The topological polar surface area (TPSA) is 40.1 Å². The monoisotopic (exact) mass is 189 g/mol. The minimum Gasteiger partial charge on any atom is -0.768 e. The van der Waals surface area contributed by atoms with Crippen LogP contribution in [0.15, 0.2) is 29.2 Å². The molecule has 0 aromatic heterocycles. The molecule has 0 bridgehead atoms. The van der Waals surface area contributed by atoms with Crippen LogP contribution in [0.5, 0.6) is 0 Å². The fourth-order valence-corrected chi connectivity index (χ4v) is 1.63. The molecule has 60 valence electrons. The van der Waals surface area contributed by atoms with E-state index in [-0.39, 0.29) is 10.8 Å². The van der Waals surface area contributed by atoms with Gasteiger partial charge in [0.05, 0.1) is 0 Å². The van der Waals surface area contributed by atoms with Crippen LogP contribution >= 0.6 is 11.6 Å². The quantitative estimate of drug-likeness (QED) is 0.525. The van der Waals surface area contributed by atoms with E-state index in [1.165, 1.54) is 6.07 Å². The number of hydrogen-bond acceptors (Lipinski definition) is 2. The fourth-order valence-electron chi connectivity index (χ4n) is 0.777. The Morgan fingerprint density at radius 1 is 1.45 bits per heavy atom. The molecule has 0 aliphatic carbocycles. The Balaban J connectivity index is 3.12. The molecule has 0 aliphatic heterocycles. The van der Waals surface area contributed by atoms with Crippen LogP contribution in [-0.2, 0) is 17.0 Å². The van der Waals surface area contributed by atoms with Crippen LogP contribution in [0.1, 0.15) is 5.56 Å². The molecule has 1 rings (SSSR count). The Hall–Kier alpha value is -0.380. The summed E-state index contributed by atoms with van der Waals surface area (Å²) in [6.07, 6.45) is 0. The maximum Gasteiger partial charge on any atom is 0.0485 e. The number of rotatable bonds is 2. The van der Waals surface area contributed by atoms with Crippen LogP contribution in [0, 0.1) is 0 Å². The maximum atomic E-state index is 10.5. The van der Waals surface area contributed by atoms with Crippen molar-refractivity contribution in [3.05, 3.63) is 29.8 Å². The molecular formula is C7H6ClO2S-. The summed E-state index contributed by atoms with van der Waals surface area (Å²) in [5.41, 5.74) is 0.641. The first-order chi connectivity index (χ1) is 5.25. The van der Waals surface area contributed by atoms with E-state index in [0.29, 0.717) is 5.56 Å². The van der Waals surface area contributed by atoms with E-state index in [2.05, 4.69) is 0 Å². The predicted molar refractivity (Wildman–Crippen MR) is 43.2 cm³/mol. The normalized spacial score (nSPS) is 12.9. The standard InChI is InChI=1S/C7H7ClO2S/c8-5-6-3-1-2-4-7(6)11(9)10/h1-4H,5H2,(H,9,10)/p-1. The molecular weight excluding hydrogens is 184 g/mol. The van der Waals surface area contributed by atoms with E-state index in [1.54, 1.807) is 18.2 Å². The minimum atomic E-state index is -2.17. The largest absolute Gasteiger partial charge is 0.768 e. The molecule has 1 aromatic carbocycles. The summed E-state index contributed by atoms with van der Waals surface area (Å²) in [6, 6.07) is 6.65. The van der Waals surface area contributed by atoms with Crippen LogP contribution < -0.4 is 0 Å². The lowest BCUT2D eigenvalue weighted by atomic mass is 10.2. The first-order valence-electron chi connectivity index (χ1n) is 2.99. The van der Waals surface area contributed by atoms with Gasteiger partial charge in [-0.1, -0.05) is 18.2 Å². The fraction of sp³-hybridized carbons (Fsp3) is 0.143. The van der Waals surface area contributed by atoms with Crippen LogP contribution in [-0.4, -0.2) is 8.76 Å². The molecule has 0 spiro atoms. The van der Waals surface area contributed by atoms with E-state index in [9.17, 15) is 8.76 Å². The molecule has 1 aromatic rings. The Morgan fingerprint density at radius 2 is 2.09 bits per heavy atom. The highest BCUT2D eigenvalue weighted by Gasteiger charge is 1.98. The predicted octanol–water partition coefficient (Wildman–Crippen LogP) is 1.66. The van der Waals surface area contributed by atoms with E-state index in [0.717, 1.165) is 0 Å². The van der Waals surface area contributed by atoms with Gasteiger partial charge in [0.15, 0.2) is 0 Å². The van der Waals surface area contributed by atoms with Crippen LogP contribution in [0.2, 0.25) is 0 Å². The Labute approximate surface area is 72.5 Å². The average Bonchev–Trinajstić information content (AvgIpc) is 2.04. The summed E-state index contributed by atoms with van der Waals surface area (Å²) in [5, 5.41) is 0. The van der Waals surface area contributed by atoms with E-state index in [4.69, 9.17) is 11.6 Å². The summed E-state index contributed by atoms with van der Waals surface area (Å²) < 4.78 is 21.0. The second-order valence-corrected chi connectivity index (χ2v) is 3.15. The third-order valence-corrected chi connectivity index (χ3v) is 2.34. The first kappa shape index (κ1) is 8.71. The average molecular weight is 190 g/mol. The van der Waals surface area contributed by atoms with Crippen molar-refractivity contribution in [1.29, 1.82) is 0 Å². The molecule has 0 saturated heterocycles. The molecule has 0 N–H and O–H groups in total. The van der Waals surface area contributed by atoms with Crippen molar-refractivity contribution in [1.82, 2.24) is 0 Å². The van der Waals surface area contributed by atoms with Crippen molar-refractivity contribution in [3.8, 4) is 0 Å². The SMILES string of the molecule is O=S([O-])c1ccccc1CCl. The van der Waals surface area contributed by atoms with Gasteiger partial charge in [-0.15, -0.1) is 11.6 Å². The third-order valence-electron chi connectivity index (χ3n) is 1.30. The molecule has 0 fully saturated rings. The van der Waals surface area contributed by atoms with Crippen molar-refractivity contribution >= 4 is 22.7 Å². The van der Waals surface area contributed by atoms with Crippen LogP contribution in [0.25, 0.3) is 0 Å². The third kappa shape index (κ3) is 2.02. The van der Waals surface area contributed by atoms with Gasteiger partial charge in [-0.2, -0.15) is 0 Å². The van der Waals surface area contributed by atoms with Gasteiger partial charge in [-0.25, -0.2) is 0 Å². The van der Waals surface area contributed by atoms with E-state index < -0.39 is 11.1 Å². The van der Waals surface area contributed by atoms with Crippen LogP contribution in [0.4, 0.5) is 0 Å². The van der Waals surface area contributed by atoms with Gasteiger partial charge in [0.1, 0.15) is 0 Å². The van der Waals surface area contributed by atoms with Gasteiger partial charge in [-0.05, 0) is 22.7 Å². The summed E-state index contributed by atoms with van der Waals surface area (Å²) in [6.45, 7) is 0. The summed E-state index contributed by atoms with van der Waals surface area (Å²) in [7, 11) is 0. The van der Waals surface area contributed by atoms with Gasteiger partial charge in [0, 0.05) is 10.8 Å². The molecule has 0 aliphatic rings. The van der Waals surface area contributed by atoms with Gasteiger partial charge in [-0.3, -0.25) is 4.21 Å². The first-order valence-corrected chi connectivity index (χ1v) is 4.60. The molecule has 4 heteroatoms. The number of alkyl halides is 1. The van der Waals surface area contributed by atoms with Crippen molar-refractivity contribution in [2.75, 3.05) is 0 Å². The summed E-state index contributed by atoms with van der Waals surface area (Å²) in [5.74, 6) is 0.226. The molecule has 1 atom stereocenters. The lowest BCUT2D eigenvalue weighted by molar-refractivity contribution is 0.536. The molecule has 0 amide bonds. The number of halogens is 1. The summed E-state index contributed by atoms with van der Waals surface area (Å²) in [4.78, 5) is 0.280. The molecule has 0 radical (unpaired) electrons. The molecule has 0 saturated carbocycles.